The Morgan fingerprint density at radius 3 is 2.50 bits per heavy atom. The molecule has 3 heteroatoms. The first kappa shape index (κ1) is 11.0. The lowest BCUT2D eigenvalue weighted by atomic mass is 9.83. The molecule has 1 aliphatic rings. The molecule has 1 aromatic rings. The number of carbonyl (C=O) groups excluding carboxylic acids is 1. The maximum absolute atomic E-state index is 11.9. The van der Waals surface area contributed by atoms with Crippen LogP contribution in [0.15, 0.2) is 24.3 Å². The normalized spacial score (nSPS) is 15.6. The standard InChI is InChI=1S/C13H18N2O/c1-15(12-7-5-11(14)6-8-12)13(16)9-10-3-2-4-10/h5-8,10H,2-4,9,14H2,1H3. The number of nitrogens with two attached hydrogens (primary N) is 1. The van der Waals surface area contributed by atoms with Crippen LogP contribution < -0.4 is 10.6 Å². The van der Waals surface area contributed by atoms with Gasteiger partial charge in [-0.3, -0.25) is 4.79 Å². The van der Waals surface area contributed by atoms with Crippen molar-refractivity contribution >= 4 is 17.3 Å². The third kappa shape index (κ3) is 2.35. The molecule has 16 heavy (non-hydrogen) atoms. The van der Waals surface area contributed by atoms with Gasteiger partial charge in [-0.25, -0.2) is 0 Å². The summed E-state index contributed by atoms with van der Waals surface area (Å²) in [6.45, 7) is 0. The second-order valence-electron chi connectivity index (χ2n) is 4.55. The molecule has 86 valence electrons. The van der Waals surface area contributed by atoms with E-state index in [9.17, 15) is 4.79 Å². The largest absolute Gasteiger partial charge is 0.399 e. The molecule has 1 fully saturated rings. The minimum atomic E-state index is 0.203. The topological polar surface area (TPSA) is 46.3 Å². The quantitative estimate of drug-likeness (QED) is 0.792. The number of amides is 1. The molecule has 2 rings (SSSR count). The number of rotatable bonds is 3. The summed E-state index contributed by atoms with van der Waals surface area (Å²) in [6, 6.07) is 7.41. The van der Waals surface area contributed by atoms with Crippen LogP contribution in [0.5, 0.6) is 0 Å². The molecule has 0 heterocycles. The van der Waals surface area contributed by atoms with Gasteiger partial charge in [0.05, 0.1) is 0 Å². The number of anilines is 2. The maximum atomic E-state index is 11.9. The zero-order valence-electron chi connectivity index (χ0n) is 9.65. The summed E-state index contributed by atoms with van der Waals surface area (Å²) in [5.41, 5.74) is 7.25. The zero-order valence-corrected chi connectivity index (χ0v) is 9.65. The lowest BCUT2D eigenvalue weighted by Gasteiger charge is -2.27. The summed E-state index contributed by atoms with van der Waals surface area (Å²) < 4.78 is 0. The molecule has 3 nitrogen and oxygen atoms in total. The lowest BCUT2D eigenvalue weighted by molar-refractivity contribution is -0.119. The van der Waals surface area contributed by atoms with Gasteiger partial charge in [-0.15, -0.1) is 0 Å². The predicted molar refractivity (Wildman–Crippen MR) is 66.2 cm³/mol. The van der Waals surface area contributed by atoms with Gasteiger partial charge in [-0.2, -0.15) is 0 Å². The second kappa shape index (κ2) is 4.56. The third-order valence-electron chi connectivity index (χ3n) is 3.34. The molecular formula is C13H18N2O. The van der Waals surface area contributed by atoms with Crippen LogP contribution in [0.4, 0.5) is 11.4 Å². The predicted octanol–water partition coefficient (Wildman–Crippen LogP) is 2.42. The van der Waals surface area contributed by atoms with E-state index in [2.05, 4.69) is 0 Å². The van der Waals surface area contributed by atoms with Gasteiger partial charge in [-0.05, 0) is 43.0 Å². The molecular weight excluding hydrogens is 200 g/mol. The summed E-state index contributed by atoms with van der Waals surface area (Å²) in [5.74, 6) is 0.818. The molecule has 1 saturated carbocycles. The summed E-state index contributed by atoms with van der Waals surface area (Å²) >= 11 is 0. The number of hydrogen-bond donors (Lipinski definition) is 1. The van der Waals surface area contributed by atoms with E-state index in [-0.39, 0.29) is 5.91 Å². The fourth-order valence-electron chi connectivity index (χ4n) is 1.92. The van der Waals surface area contributed by atoms with Gasteiger partial charge >= 0.3 is 0 Å². The van der Waals surface area contributed by atoms with Crippen molar-refractivity contribution in [3.63, 3.8) is 0 Å². The van der Waals surface area contributed by atoms with Gasteiger partial charge in [0.25, 0.3) is 0 Å². The van der Waals surface area contributed by atoms with E-state index in [1.807, 2.05) is 31.3 Å². The Bertz CT molecular complexity index is 368. The van der Waals surface area contributed by atoms with E-state index < -0.39 is 0 Å². The van der Waals surface area contributed by atoms with Crippen molar-refractivity contribution < 1.29 is 4.79 Å². The zero-order chi connectivity index (χ0) is 11.5. The lowest BCUT2D eigenvalue weighted by Crippen LogP contribution is -2.29. The van der Waals surface area contributed by atoms with Crippen LogP contribution in [0.3, 0.4) is 0 Å². The van der Waals surface area contributed by atoms with Crippen molar-refractivity contribution in [1.82, 2.24) is 0 Å². The molecule has 0 bridgehead atoms. The highest BCUT2D eigenvalue weighted by Crippen LogP contribution is 2.30. The molecule has 0 aromatic heterocycles. The molecule has 2 N–H and O–H groups in total. The summed E-state index contributed by atoms with van der Waals surface area (Å²) in [4.78, 5) is 13.6. The number of carbonyl (C=O) groups is 1. The van der Waals surface area contributed by atoms with E-state index in [1.54, 1.807) is 4.90 Å². The van der Waals surface area contributed by atoms with E-state index in [4.69, 9.17) is 5.73 Å². The van der Waals surface area contributed by atoms with E-state index >= 15 is 0 Å². The molecule has 1 aliphatic carbocycles. The van der Waals surface area contributed by atoms with Crippen LogP contribution in [0, 0.1) is 5.92 Å². The smallest absolute Gasteiger partial charge is 0.226 e. The van der Waals surface area contributed by atoms with Gasteiger partial charge in [-0.1, -0.05) is 6.42 Å². The van der Waals surface area contributed by atoms with Crippen molar-refractivity contribution in [3.8, 4) is 0 Å². The SMILES string of the molecule is CN(C(=O)CC1CCC1)c1ccc(N)cc1. The Morgan fingerprint density at radius 1 is 1.38 bits per heavy atom. The number of nitrogens with zero attached hydrogens (tertiary/aromatic N) is 1. The van der Waals surface area contributed by atoms with Crippen molar-refractivity contribution in [3.05, 3.63) is 24.3 Å². The van der Waals surface area contributed by atoms with Gasteiger partial charge < -0.3 is 10.6 Å². The van der Waals surface area contributed by atoms with Gasteiger partial charge in [0.15, 0.2) is 0 Å². The van der Waals surface area contributed by atoms with Gasteiger partial charge in [0.2, 0.25) is 5.91 Å². The molecule has 0 spiro atoms. The monoisotopic (exact) mass is 218 g/mol. The van der Waals surface area contributed by atoms with Gasteiger partial charge in [0.1, 0.15) is 0 Å². The molecule has 1 amide bonds. The van der Waals surface area contributed by atoms with Crippen molar-refractivity contribution in [2.45, 2.75) is 25.7 Å². The fourth-order valence-corrected chi connectivity index (χ4v) is 1.92. The van der Waals surface area contributed by atoms with Crippen LogP contribution in [0.25, 0.3) is 0 Å². The maximum Gasteiger partial charge on any atom is 0.226 e. The Kier molecular flexibility index (Phi) is 3.13. The van der Waals surface area contributed by atoms with Gasteiger partial charge in [0, 0.05) is 24.8 Å². The fraction of sp³-hybridized carbons (Fsp3) is 0.462. The number of hydrogen-bond acceptors (Lipinski definition) is 2. The first-order chi connectivity index (χ1) is 7.66. The highest BCUT2D eigenvalue weighted by molar-refractivity contribution is 5.93. The minimum absolute atomic E-state index is 0.203. The third-order valence-corrected chi connectivity index (χ3v) is 3.34. The molecule has 0 unspecified atom stereocenters. The molecule has 1 aromatic carbocycles. The van der Waals surface area contributed by atoms with E-state index in [0.717, 1.165) is 11.4 Å². The van der Waals surface area contributed by atoms with Crippen LogP contribution in [-0.2, 0) is 4.79 Å². The minimum Gasteiger partial charge on any atom is -0.399 e. The Labute approximate surface area is 96.2 Å². The highest BCUT2D eigenvalue weighted by atomic mass is 16.2. The molecule has 0 saturated heterocycles. The van der Waals surface area contributed by atoms with Crippen molar-refractivity contribution in [2.24, 2.45) is 5.92 Å². The summed E-state index contributed by atoms with van der Waals surface area (Å²) in [5, 5.41) is 0. The van der Waals surface area contributed by atoms with E-state index in [0.29, 0.717) is 12.3 Å². The van der Waals surface area contributed by atoms with Crippen LogP contribution in [-0.4, -0.2) is 13.0 Å². The Balaban J connectivity index is 1.97. The van der Waals surface area contributed by atoms with Crippen molar-refractivity contribution in [2.75, 3.05) is 17.7 Å². The first-order valence-corrected chi connectivity index (χ1v) is 5.79. The van der Waals surface area contributed by atoms with Crippen LogP contribution in [0.2, 0.25) is 0 Å². The van der Waals surface area contributed by atoms with Crippen LogP contribution >= 0.6 is 0 Å². The van der Waals surface area contributed by atoms with Crippen LogP contribution in [0.1, 0.15) is 25.7 Å². The Morgan fingerprint density at radius 2 is 2.00 bits per heavy atom. The second-order valence-corrected chi connectivity index (χ2v) is 4.55. The molecule has 0 radical (unpaired) electrons. The average molecular weight is 218 g/mol. The highest BCUT2D eigenvalue weighted by Gasteiger charge is 2.22. The molecule has 0 aliphatic heterocycles. The van der Waals surface area contributed by atoms with E-state index in [1.165, 1.54) is 19.3 Å². The Hall–Kier alpha value is -1.51. The number of nitrogen functional groups attached to an aromatic ring is 1. The summed E-state index contributed by atoms with van der Waals surface area (Å²) in [7, 11) is 1.83. The average Bonchev–Trinajstić information content (AvgIpc) is 2.23. The first-order valence-electron chi connectivity index (χ1n) is 5.79. The molecule has 0 atom stereocenters. The summed E-state index contributed by atoms with van der Waals surface area (Å²) in [6.07, 6.45) is 4.38. The number of benzene rings is 1. The van der Waals surface area contributed by atoms with Crippen molar-refractivity contribution in [1.29, 1.82) is 0 Å².